The fraction of sp³-hybridized carbons (Fsp3) is 0.667. The first-order valence-electron chi connectivity index (χ1n) is 12.5. The van der Waals surface area contributed by atoms with Crippen molar-refractivity contribution in [3.8, 4) is 0 Å². The van der Waals surface area contributed by atoms with E-state index in [0.29, 0.717) is 19.6 Å². The van der Waals surface area contributed by atoms with E-state index < -0.39 is 35.1 Å². The van der Waals surface area contributed by atoms with Gasteiger partial charge in [-0.1, -0.05) is 51.1 Å². The smallest absolute Gasteiger partial charge is 0.334 e. The standard InChI is InChI=1S/C27H32O7/c1-14(2)25(30)20(28)21-27(34-21)24(3)10-9-16-17(13-31-22(16)29)18(24)11-19-26(27,33-19)23(25)32-12-15-7-5-4-6-8-15/h4-8,14,18-21,23,28,30H,9-13H2,1-3H3/t18-,19-,20+,21-,23+,24-,25-,26+,27+/m0/s1. The third-order valence-electron chi connectivity index (χ3n) is 10.1. The lowest BCUT2D eigenvalue weighted by molar-refractivity contribution is -0.242. The average molecular weight is 469 g/mol. The number of hydrogen-bond acceptors (Lipinski definition) is 7. The summed E-state index contributed by atoms with van der Waals surface area (Å²) in [4.78, 5) is 12.3. The third kappa shape index (κ3) is 2.20. The second-order valence-corrected chi connectivity index (χ2v) is 11.6. The minimum atomic E-state index is -1.51. The lowest BCUT2D eigenvalue weighted by Gasteiger charge is -2.57. The van der Waals surface area contributed by atoms with Crippen molar-refractivity contribution in [1.29, 1.82) is 0 Å². The molecule has 2 saturated heterocycles. The lowest BCUT2D eigenvalue weighted by atomic mass is 9.45. The van der Waals surface area contributed by atoms with Gasteiger partial charge in [-0.15, -0.1) is 0 Å². The van der Waals surface area contributed by atoms with Gasteiger partial charge in [0, 0.05) is 11.0 Å². The molecule has 6 aliphatic rings. The number of aliphatic hydroxyl groups is 2. The molecule has 0 radical (unpaired) electrons. The van der Waals surface area contributed by atoms with Crippen molar-refractivity contribution >= 4 is 5.97 Å². The maximum Gasteiger partial charge on any atom is 0.334 e. The summed E-state index contributed by atoms with van der Waals surface area (Å²) in [5, 5.41) is 23.6. The SMILES string of the molecule is CC(C)[C@]1(O)[C@H](O)[C@@H]2O[C@]23[C@]2(O[C@H]2C[C@H]2C4=C(CC[C@@]23C)C(=O)OC4)[C@@H]1OCc1ccccc1. The summed E-state index contributed by atoms with van der Waals surface area (Å²) in [5.74, 6) is -0.379. The number of carbonyl (C=O) groups is 1. The molecular weight excluding hydrogens is 436 g/mol. The van der Waals surface area contributed by atoms with Crippen molar-refractivity contribution in [2.75, 3.05) is 6.61 Å². The van der Waals surface area contributed by atoms with Crippen LogP contribution >= 0.6 is 0 Å². The first kappa shape index (κ1) is 21.5. The maximum atomic E-state index is 12.3. The van der Waals surface area contributed by atoms with Crippen LogP contribution in [0, 0.1) is 17.3 Å². The zero-order valence-corrected chi connectivity index (χ0v) is 19.8. The van der Waals surface area contributed by atoms with E-state index in [-0.39, 0.29) is 29.3 Å². The van der Waals surface area contributed by atoms with Crippen LogP contribution in [0.1, 0.15) is 45.6 Å². The van der Waals surface area contributed by atoms with Crippen LogP contribution in [-0.2, 0) is 30.3 Å². The van der Waals surface area contributed by atoms with Crippen LogP contribution in [0.25, 0.3) is 0 Å². The molecule has 4 fully saturated rings. The van der Waals surface area contributed by atoms with Gasteiger partial charge in [-0.25, -0.2) is 4.79 Å². The van der Waals surface area contributed by atoms with Crippen molar-refractivity contribution in [2.45, 2.75) is 87.9 Å². The first-order valence-corrected chi connectivity index (χ1v) is 12.5. The minimum Gasteiger partial charge on any atom is -0.458 e. The van der Waals surface area contributed by atoms with Gasteiger partial charge in [-0.05, 0) is 42.2 Å². The van der Waals surface area contributed by atoms with E-state index in [4.69, 9.17) is 18.9 Å². The molecule has 3 aliphatic heterocycles. The average Bonchev–Trinajstić information content (AvgIpc) is 3.71. The highest BCUT2D eigenvalue weighted by Gasteiger charge is 2.97. The molecule has 1 aromatic carbocycles. The van der Waals surface area contributed by atoms with Crippen molar-refractivity contribution < 1.29 is 34.0 Å². The second kappa shape index (κ2) is 6.51. The molecule has 0 unspecified atom stereocenters. The summed E-state index contributed by atoms with van der Waals surface area (Å²) in [7, 11) is 0. The van der Waals surface area contributed by atoms with Crippen molar-refractivity contribution in [2.24, 2.45) is 17.3 Å². The highest BCUT2D eigenvalue weighted by molar-refractivity contribution is 5.92. The minimum absolute atomic E-state index is 0.0838. The number of benzene rings is 1. The van der Waals surface area contributed by atoms with E-state index in [0.717, 1.165) is 29.6 Å². The molecule has 2 N–H and O–H groups in total. The largest absolute Gasteiger partial charge is 0.458 e. The Kier molecular flexibility index (Phi) is 4.12. The van der Waals surface area contributed by atoms with E-state index in [9.17, 15) is 15.0 Å². The number of epoxide rings is 2. The number of carbonyl (C=O) groups excluding carboxylic acids is 1. The second-order valence-electron chi connectivity index (χ2n) is 11.6. The van der Waals surface area contributed by atoms with E-state index in [2.05, 4.69) is 6.92 Å². The van der Waals surface area contributed by atoms with E-state index in [1.807, 2.05) is 44.2 Å². The molecular formula is C27H32O7. The van der Waals surface area contributed by atoms with Crippen LogP contribution in [0.15, 0.2) is 41.5 Å². The Morgan fingerprint density at radius 1 is 1.21 bits per heavy atom. The Hall–Kier alpha value is -1.77. The van der Waals surface area contributed by atoms with Crippen LogP contribution in [-0.4, -0.2) is 64.0 Å². The number of hydrogen-bond donors (Lipinski definition) is 2. The Bertz CT molecular complexity index is 1100. The Labute approximate surface area is 199 Å². The number of esters is 1. The summed E-state index contributed by atoms with van der Waals surface area (Å²) < 4.78 is 25.1. The fourth-order valence-electron chi connectivity index (χ4n) is 8.27. The zero-order valence-electron chi connectivity index (χ0n) is 19.8. The normalized spacial score (nSPS) is 50.1. The summed E-state index contributed by atoms with van der Waals surface area (Å²) in [5.41, 5.74) is -0.562. The molecule has 2 spiro atoms. The molecule has 34 heavy (non-hydrogen) atoms. The molecule has 7 heteroatoms. The fourth-order valence-corrected chi connectivity index (χ4v) is 8.27. The van der Waals surface area contributed by atoms with E-state index in [1.165, 1.54) is 0 Å². The number of fused-ring (bicyclic) bond motifs is 2. The number of aliphatic hydroxyl groups excluding tert-OH is 1. The molecule has 3 heterocycles. The highest BCUT2D eigenvalue weighted by atomic mass is 16.7. The summed E-state index contributed by atoms with van der Waals surface area (Å²) >= 11 is 0. The molecule has 0 aromatic heterocycles. The molecule has 1 aromatic rings. The Morgan fingerprint density at radius 2 is 1.97 bits per heavy atom. The first-order chi connectivity index (χ1) is 16.2. The molecule has 0 bridgehead atoms. The molecule has 9 atom stereocenters. The predicted octanol–water partition coefficient (Wildman–Crippen LogP) is 2.28. The summed E-state index contributed by atoms with van der Waals surface area (Å²) in [6, 6.07) is 9.87. The van der Waals surface area contributed by atoms with Gasteiger partial charge in [0.05, 0.1) is 12.7 Å². The van der Waals surface area contributed by atoms with Crippen LogP contribution in [0.4, 0.5) is 0 Å². The summed E-state index contributed by atoms with van der Waals surface area (Å²) in [6.07, 6.45) is -0.423. The van der Waals surface area contributed by atoms with Gasteiger partial charge in [0.25, 0.3) is 0 Å². The van der Waals surface area contributed by atoms with Crippen molar-refractivity contribution in [3.63, 3.8) is 0 Å². The van der Waals surface area contributed by atoms with Gasteiger partial charge in [0.15, 0.2) is 5.60 Å². The molecule has 7 nitrogen and oxygen atoms in total. The van der Waals surface area contributed by atoms with E-state index in [1.54, 1.807) is 0 Å². The monoisotopic (exact) mass is 468 g/mol. The number of cyclic esters (lactones) is 1. The van der Waals surface area contributed by atoms with Crippen molar-refractivity contribution in [3.05, 3.63) is 47.0 Å². The third-order valence-corrected chi connectivity index (χ3v) is 10.1. The molecule has 0 amide bonds. The lowest BCUT2D eigenvalue weighted by Crippen LogP contribution is -2.76. The van der Waals surface area contributed by atoms with Crippen molar-refractivity contribution in [1.82, 2.24) is 0 Å². The van der Waals surface area contributed by atoms with Gasteiger partial charge in [0.2, 0.25) is 0 Å². The summed E-state index contributed by atoms with van der Waals surface area (Å²) in [6.45, 7) is 6.69. The topological polar surface area (TPSA) is 101 Å². The Morgan fingerprint density at radius 3 is 2.71 bits per heavy atom. The van der Waals surface area contributed by atoms with Gasteiger partial charge in [-0.2, -0.15) is 0 Å². The molecule has 182 valence electrons. The predicted molar refractivity (Wildman–Crippen MR) is 119 cm³/mol. The van der Waals surface area contributed by atoms with Gasteiger partial charge < -0.3 is 29.2 Å². The van der Waals surface area contributed by atoms with Crippen LogP contribution < -0.4 is 0 Å². The number of ether oxygens (including phenoxy) is 4. The highest BCUT2D eigenvalue weighted by Crippen LogP contribution is 2.80. The van der Waals surface area contributed by atoms with Gasteiger partial charge in [-0.3, -0.25) is 0 Å². The molecule has 3 aliphatic carbocycles. The Balaban J connectivity index is 1.33. The molecule has 2 saturated carbocycles. The van der Waals surface area contributed by atoms with Crippen LogP contribution in [0.2, 0.25) is 0 Å². The van der Waals surface area contributed by atoms with Crippen LogP contribution in [0.3, 0.4) is 0 Å². The van der Waals surface area contributed by atoms with Gasteiger partial charge in [0.1, 0.15) is 36.1 Å². The quantitative estimate of drug-likeness (QED) is 0.516. The van der Waals surface area contributed by atoms with Gasteiger partial charge >= 0.3 is 5.97 Å². The van der Waals surface area contributed by atoms with E-state index >= 15 is 0 Å². The molecule has 7 rings (SSSR count). The zero-order chi connectivity index (χ0) is 23.7. The number of rotatable bonds is 4. The maximum absolute atomic E-state index is 12.3. The van der Waals surface area contributed by atoms with Crippen LogP contribution in [0.5, 0.6) is 0 Å².